The van der Waals surface area contributed by atoms with Crippen LogP contribution in [0, 0.1) is 6.92 Å². The first-order valence-electron chi connectivity index (χ1n) is 13.4. The lowest BCUT2D eigenvalue weighted by Crippen LogP contribution is -1.94. The molecule has 0 fully saturated rings. The highest BCUT2D eigenvalue weighted by Gasteiger charge is 2.17. The first-order valence-corrected chi connectivity index (χ1v) is 13.4. The van der Waals surface area contributed by atoms with Crippen molar-refractivity contribution in [3.63, 3.8) is 0 Å². The summed E-state index contributed by atoms with van der Waals surface area (Å²) in [6.45, 7) is 6.17. The lowest BCUT2D eigenvalue weighted by molar-refractivity contribution is 1.22. The molecule has 0 aliphatic heterocycles. The van der Waals surface area contributed by atoms with Crippen LogP contribution in [0.25, 0.3) is 49.0 Å². The van der Waals surface area contributed by atoms with Crippen molar-refractivity contribution < 1.29 is 0 Å². The van der Waals surface area contributed by atoms with Crippen LogP contribution in [-0.4, -0.2) is 10.7 Å². The Labute approximate surface area is 229 Å². The quantitative estimate of drug-likeness (QED) is 0.131. The first kappa shape index (κ1) is 24.5. The van der Waals surface area contributed by atoms with E-state index < -0.39 is 0 Å². The standard InChI is InChI=1S/C37H30N2/c1-4-27(23-22-26(3)39-37-25(2)13-12-24-38-37)35-31-17-7-9-19-33(31)36(34-20-10-8-18-32(34)35)30-21-11-15-28-14-5-6-16-29(28)30/h4-24H,1-3H3/b23-22-,27-4+,39-26?. The molecule has 0 spiro atoms. The zero-order chi connectivity index (χ0) is 26.8. The van der Waals surface area contributed by atoms with Gasteiger partial charge in [-0.15, -0.1) is 0 Å². The van der Waals surface area contributed by atoms with Gasteiger partial charge in [0.05, 0.1) is 0 Å². The maximum absolute atomic E-state index is 4.76. The molecular formula is C37H30N2. The minimum Gasteiger partial charge on any atom is -0.237 e. The van der Waals surface area contributed by atoms with Crippen LogP contribution in [0.2, 0.25) is 0 Å². The maximum Gasteiger partial charge on any atom is 0.154 e. The molecule has 6 rings (SSSR count). The van der Waals surface area contributed by atoms with Crippen molar-refractivity contribution in [1.82, 2.24) is 4.98 Å². The molecule has 0 unspecified atom stereocenters. The molecule has 2 heteroatoms. The van der Waals surface area contributed by atoms with Crippen LogP contribution in [-0.2, 0) is 0 Å². The van der Waals surface area contributed by atoms with Gasteiger partial charge in [-0.25, -0.2) is 9.98 Å². The first-order chi connectivity index (χ1) is 19.2. The molecule has 6 aromatic rings. The number of hydrogen-bond donors (Lipinski definition) is 0. The number of pyridine rings is 1. The topological polar surface area (TPSA) is 25.2 Å². The van der Waals surface area contributed by atoms with E-state index >= 15 is 0 Å². The van der Waals surface area contributed by atoms with Crippen LogP contribution >= 0.6 is 0 Å². The van der Waals surface area contributed by atoms with Crippen LogP contribution in [0.4, 0.5) is 5.82 Å². The third-order valence-electron chi connectivity index (χ3n) is 7.36. The Hall–Kier alpha value is -4.82. The summed E-state index contributed by atoms with van der Waals surface area (Å²) in [5, 5.41) is 7.52. The van der Waals surface area contributed by atoms with Crippen LogP contribution < -0.4 is 0 Å². The molecule has 0 N–H and O–H groups in total. The summed E-state index contributed by atoms with van der Waals surface area (Å²) in [6, 6.07) is 36.8. The van der Waals surface area contributed by atoms with Gasteiger partial charge in [-0.1, -0.05) is 109 Å². The molecular weight excluding hydrogens is 472 g/mol. The van der Waals surface area contributed by atoms with Crippen molar-refractivity contribution >= 4 is 49.4 Å². The molecule has 0 bridgehead atoms. The molecule has 188 valence electrons. The largest absolute Gasteiger partial charge is 0.237 e. The molecule has 39 heavy (non-hydrogen) atoms. The summed E-state index contributed by atoms with van der Waals surface area (Å²) in [5.41, 5.74) is 6.93. The van der Waals surface area contributed by atoms with Gasteiger partial charge in [-0.2, -0.15) is 0 Å². The van der Waals surface area contributed by atoms with E-state index in [-0.39, 0.29) is 0 Å². The smallest absolute Gasteiger partial charge is 0.154 e. The van der Waals surface area contributed by atoms with Crippen molar-refractivity contribution in [3.8, 4) is 11.1 Å². The average molecular weight is 503 g/mol. The molecule has 5 aromatic carbocycles. The van der Waals surface area contributed by atoms with E-state index in [0.717, 1.165) is 17.1 Å². The Morgan fingerprint density at radius 3 is 1.95 bits per heavy atom. The minimum atomic E-state index is 0.761. The van der Waals surface area contributed by atoms with Crippen molar-refractivity contribution in [2.24, 2.45) is 4.99 Å². The van der Waals surface area contributed by atoms with E-state index in [0.29, 0.717) is 0 Å². The number of fused-ring (bicyclic) bond motifs is 3. The lowest BCUT2D eigenvalue weighted by Gasteiger charge is -2.19. The van der Waals surface area contributed by atoms with Gasteiger partial charge >= 0.3 is 0 Å². The highest BCUT2D eigenvalue weighted by atomic mass is 14.9. The zero-order valence-corrected chi connectivity index (χ0v) is 22.5. The normalized spacial score (nSPS) is 12.7. The second-order valence-corrected chi connectivity index (χ2v) is 9.84. The van der Waals surface area contributed by atoms with Gasteiger partial charge < -0.3 is 0 Å². The van der Waals surface area contributed by atoms with Gasteiger partial charge in [-0.3, -0.25) is 0 Å². The number of aromatic nitrogens is 1. The molecule has 1 aromatic heterocycles. The SMILES string of the molecule is C/C=C(\C=C/C(C)=Nc1ncccc1C)c1c2ccccc2c(-c2cccc3ccccc23)c2ccccc12. The number of benzene rings is 5. The van der Waals surface area contributed by atoms with Crippen molar-refractivity contribution in [3.05, 3.63) is 139 Å². The second kappa shape index (κ2) is 10.5. The Morgan fingerprint density at radius 2 is 1.28 bits per heavy atom. The van der Waals surface area contributed by atoms with Crippen LogP contribution in [0.1, 0.15) is 25.0 Å². The van der Waals surface area contributed by atoms with E-state index in [4.69, 9.17) is 4.99 Å². The van der Waals surface area contributed by atoms with Gasteiger partial charge in [0.2, 0.25) is 0 Å². The van der Waals surface area contributed by atoms with E-state index in [1.54, 1.807) is 6.20 Å². The molecule has 0 saturated carbocycles. The molecule has 0 amide bonds. The number of aryl methyl sites for hydroxylation is 1. The molecule has 0 aliphatic rings. The molecule has 0 radical (unpaired) electrons. The number of rotatable bonds is 5. The Kier molecular flexibility index (Phi) is 6.61. The van der Waals surface area contributed by atoms with E-state index in [1.165, 1.54) is 54.6 Å². The van der Waals surface area contributed by atoms with Gasteiger partial charge in [0, 0.05) is 11.9 Å². The predicted octanol–water partition coefficient (Wildman–Crippen LogP) is 10.3. The predicted molar refractivity (Wildman–Crippen MR) is 169 cm³/mol. The van der Waals surface area contributed by atoms with Crippen LogP contribution in [0.5, 0.6) is 0 Å². The summed E-state index contributed by atoms with van der Waals surface area (Å²) in [7, 11) is 0. The van der Waals surface area contributed by atoms with Gasteiger partial charge in [0.15, 0.2) is 5.82 Å². The number of hydrogen-bond acceptors (Lipinski definition) is 2. The van der Waals surface area contributed by atoms with Crippen LogP contribution in [0.3, 0.4) is 0 Å². The summed E-state index contributed by atoms with van der Waals surface area (Å²) in [5.74, 6) is 0.761. The third-order valence-corrected chi connectivity index (χ3v) is 7.36. The van der Waals surface area contributed by atoms with E-state index in [1.807, 2.05) is 26.0 Å². The van der Waals surface area contributed by atoms with E-state index in [2.05, 4.69) is 121 Å². The van der Waals surface area contributed by atoms with Crippen molar-refractivity contribution in [2.45, 2.75) is 20.8 Å². The summed E-state index contributed by atoms with van der Waals surface area (Å²) < 4.78 is 0. The van der Waals surface area contributed by atoms with Crippen LogP contribution in [0.15, 0.2) is 133 Å². The molecule has 0 saturated heterocycles. The minimum absolute atomic E-state index is 0.761. The maximum atomic E-state index is 4.76. The second-order valence-electron chi connectivity index (χ2n) is 9.84. The Morgan fingerprint density at radius 1 is 0.667 bits per heavy atom. The summed E-state index contributed by atoms with van der Waals surface area (Å²) >= 11 is 0. The fourth-order valence-electron chi connectivity index (χ4n) is 5.51. The molecule has 1 heterocycles. The number of aliphatic imine (C=N–C) groups is 1. The summed E-state index contributed by atoms with van der Waals surface area (Å²) in [4.78, 5) is 9.19. The average Bonchev–Trinajstić information content (AvgIpc) is 2.98. The molecule has 0 atom stereocenters. The van der Waals surface area contributed by atoms with Gasteiger partial charge in [0.1, 0.15) is 0 Å². The van der Waals surface area contributed by atoms with E-state index in [9.17, 15) is 0 Å². The lowest BCUT2D eigenvalue weighted by atomic mass is 9.84. The van der Waals surface area contributed by atoms with Gasteiger partial charge in [0.25, 0.3) is 0 Å². The summed E-state index contributed by atoms with van der Waals surface area (Å²) in [6.07, 6.45) is 8.26. The highest BCUT2D eigenvalue weighted by molar-refractivity contribution is 6.22. The number of allylic oxidation sites excluding steroid dienone is 4. The zero-order valence-electron chi connectivity index (χ0n) is 22.5. The fourth-order valence-corrected chi connectivity index (χ4v) is 5.51. The number of nitrogens with zero attached hydrogens (tertiary/aromatic N) is 2. The highest BCUT2D eigenvalue weighted by Crippen LogP contribution is 2.43. The van der Waals surface area contributed by atoms with Crippen molar-refractivity contribution in [2.75, 3.05) is 0 Å². The Bertz CT molecular complexity index is 1880. The fraction of sp³-hybridized carbons (Fsp3) is 0.0811. The monoisotopic (exact) mass is 502 g/mol. The Balaban J connectivity index is 1.58. The van der Waals surface area contributed by atoms with Gasteiger partial charge in [-0.05, 0) is 93.1 Å². The third kappa shape index (κ3) is 4.55. The molecule has 2 nitrogen and oxygen atoms in total. The molecule has 0 aliphatic carbocycles. The van der Waals surface area contributed by atoms with Crippen molar-refractivity contribution in [1.29, 1.82) is 0 Å².